The molecular formula is C14H15ClS. The Morgan fingerprint density at radius 3 is 2.88 bits per heavy atom. The summed E-state index contributed by atoms with van der Waals surface area (Å²) in [6.07, 6.45) is 2.40. The van der Waals surface area contributed by atoms with Crippen molar-refractivity contribution in [1.82, 2.24) is 0 Å². The zero-order valence-electron chi connectivity index (χ0n) is 9.32. The summed E-state index contributed by atoms with van der Waals surface area (Å²) in [6.45, 7) is 2.29. The maximum Gasteiger partial charge on any atom is 0.0377 e. The molecule has 0 aliphatic heterocycles. The monoisotopic (exact) mass is 250 g/mol. The van der Waals surface area contributed by atoms with Crippen molar-refractivity contribution in [3.63, 3.8) is 0 Å². The topological polar surface area (TPSA) is 0 Å². The average Bonchev–Trinajstić information content (AvgIpc) is 2.87. The van der Waals surface area contributed by atoms with Crippen molar-refractivity contribution >= 4 is 33.0 Å². The SMILES string of the molecule is CC1C(Cl)CCC1c1cccc2ccsc12. The molecule has 0 saturated heterocycles. The van der Waals surface area contributed by atoms with Gasteiger partial charge in [0.05, 0.1) is 0 Å². The largest absolute Gasteiger partial charge is 0.144 e. The van der Waals surface area contributed by atoms with E-state index in [-0.39, 0.29) is 0 Å². The Labute approximate surface area is 105 Å². The average molecular weight is 251 g/mol. The van der Waals surface area contributed by atoms with E-state index >= 15 is 0 Å². The number of hydrogen-bond acceptors (Lipinski definition) is 1. The molecule has 0 nitrogen and oxygen atoms in total. The second-order valence-corrected chi connectivity index (χ2v) is 6.22. The van der Waals surface area contributed by atoms with Crippen LogP contribution in [0.25, 0.3) is 10.1 Å². The predicted molar refractivity (Wildman–Crippen MR) is 72.6 cm³/mol. The molecule has 3 atom stereocenters. The summed E-state index contributed by atoms with van der Waals surface area (Å²) in [5.74, 6) is 1.26. The first kappa shape index (κ1) is 10.6. The van der Waals surface area contributed by atoms with Gasteiger partial charge in [0.1, 0.15) is 0 Å². The van der Waals surface area contributed by atoms with Crippen molar-refractivity contribution in [2.75, 3.05) is 0 Å². The fourth-order valence-electron chi connectivity index (χ4n) is 2.86. The highest BCUT2D eigenvalue weighted by Gasteiger charge is 2.33. The second kappa shape index (κ2) is 4.05. The molecular weight excluding hydrogens is 236 g/mol. The standard InChI is InChI=1S/C14H15ClS/c1-9-11(5-6-13(9)15)12-4-2-3-10-7-8-16-14(10)12/h2-4,7-9,11,13H,5-6H2,1H3. The Kier molecular flexibility index (Phi) is 2.68. The molecule has 1 heterocycles. The highest BCUT2D eigenvalue weighted by molar-refractivity contribution is 7.17. The van der Waals surface area contributed by atoms with Crippen molar-refractivity contribution in [2.45, 2.75) is 31.1 Å². The van der Waals surface area contributed by atoms with Crippen molar-refractivity contribution in [1.29, 1.82) is 0 Å². The summed E-state index contributed by atoms with van der Waals surface area (Å²) in [4.78, 5) is 0. The fourth-order valence-corrected chi connectivity index (χ4v) is 4.14. The molecule has 0 bridgehead atoms. The lowest BCUT2D eigenvalue weighted by molar-refractivity contribution is 0.541. The fraction of sp³-hybridized carbons (Fsp3) is 0.429. The highest BCUT2D eigenvalue weighted by Crippen LogP contribution is 2.44. The first-order valence-corrected chi connectivity index (χ1v) is 7.19. The van der Waals surface area contributed by atoms with Crippen LogP contribution in [0.15, 0.2) is 29.6 Å². The van der Waals surface area contributed by atoms with Crippen LogP contribution in [0.4, 0.5) is 0 Å². The van der Waals surface area contributed by atoms with Gasteiger partial charge in [0.25, 0.3) is 0 Å². The lowest BCUT2D eigenvalue weighted by Crippen LogP contribution is -2.09. The maximum absolute atomic E-state index is 6.34. The second-order valence-electron chi connectivity index (χ2n) is 4.75. The molecule has 84 valence electrons. The predicted octanol–water partition coefficient (Wildman–Crippen LogP) is 5.02. The summed E-state index contributed by atoms with van der Waals surface area (Å²) in [6, 6.07) is 8.88. The molecule has 16 heavy (non-hydrogen) atoms. The van der Waals surface area contributed by atoms with E-state index in [1.807, 2.05) is 11.3 Å². The summed E-state index contributed by atoms with van der Waals surface area (Å²) in [7, 11) is 0. The smallest absolute Gasteiger partial charge is 0.0377 e. The summed E-state index contributed by atoms with van der Waals surface area (Å²) < 4.78 is 1.46. The van der Waals surface area contributed by atoms with Crippen LogP contribution in [-0.2, 0) is 0 Å². The molecule has 0 N–H and O–H groups in total. The van der Waals surface area contributed by atoms with E-state index in [2.05, 4.69) is 36.6 Å². The van der Waals surface area contributed by atoms with Gasteiger partial charge in [-0.3, -0.25) is 0 Å². The molecule has 1 fully saturated rings. The Balaban J connectivity index is 2.09. The zero-order chi connectivity index (χ0) is 11.1. The quantitative estimate of drug-likeness (QED) is 0.624. The molecule has 2 aromatic rings. The van der Waals surface area contributed by atoms with Crippen LogP contribution in [0.2, 0.25) is 0 Å². The lowest BCUT2D eigenvalue weighted by atomic mass is 9.89. The number of alkyl halides is 1. The van der Waals surface area contributed by atoms with E-state index < -0.39 is 0 Å². The van der Waals surface area contributed by atoms with E-state index in [0.717, 1.165) is 6.42 Å². The third-order valence-electron chi connectivity index (χ3n) is 3.87. The van der Waals surface area contributed by atoms with Gasteiger partial charge in [0.15, 0.2) is 0 Å². The van der Waals surface area contributed by atoms with Crippen LogP contribution < -0.4 is 0 Å². The number of rotatable bonds is 1. The van der Waals surface area contributed by atoms with Gasteiger partial charge in [0, 0.05) is 10.1 Å². The van der Waals surface area contributed by atoms with E-state index in [1.54, 1.807) is 0 Å². The number of hydrogen-bond donors (Lipinski definition) is 0. The molecule has 1 aliphatic rings. The molecule has 0 radical (unpaired) electrons. The summed E-state index contributed by atoms with van der Waals surface area (Å²) in [5, 5.41) is 3.93. The minimum absolute atomic E-state index is 0.361. The van der Waals surface area contributed by atoms with Gasteiger partial charge in [-0.2, -0.15) is 0 Å². The molecule has 3 rings (SSSR count). The Hall–Kier alpha value is -0.530. The summed E-state index contributed by atoms with van der Waals surface area (Å²) in [5.41, 5.74) is 1.52. The Morgan fingerprint density at radius 1 is 1.25 bits per heavy atom. The van der Waals surface area contributed by atoms with Crippen LogP contribution in [0.1, 0.15) is 31.2 Å². The van der Waals surface area contributed by atoms with Crippen molar-refractivity contribution in [3.05, 3.63) is 35.2 Å². The first-order chi connectivity index (χ1) is 7.77. The molecule has 1 aromatic heterocycles. The van der Waals surface area contributed by atoms with Gasteiger partial charge in [-0.15, -0.1) is 22.9 Å². The van der Waals surface area contributed by atoms with Gasteiger partial charge in [-0.1, -0.05) is 25.1 Å². The van der Waals surface area contributed by atoms with E-state index in [0.29, 0.717) is 17.2 Å². The third-order valence-corrected chi connectivity index (χ3v) is 5.46. The minimum atomic E-state index is 0.361. The van der Waals surface area contributed by atoms with Crippen LogP contribution in [-0.4, -0.2) is 5.38 Å². The Bertz CT molecular complexity index is 502. The van der Waals surface area contributed by atoms with Gasteiger partial charge >= 0.3 is 0 Å². The molecule has 1 aromatic carbocycles. The molecule has 1 saturated carbocycles. The number of benzene rings is 1. The van der Waals surface area contributed by atoms with Crippen molar-refractivity contribution < 1.29 is 0 Å². The van der Waals surface area contributed by atoms with E-state index in [9.17, 15) is 0 Å². The van der Waals surface area contributed by atoms with Crippen LogP contribution in [0.3, 0.4) is 0 Å². The highest BCUT2D eigenvalue weighted by atomic mass is 35.5. The number of thiophene rings is 1. The molecule has 0 spiro atoms. The lowest BCUT2D eigenvalue weighted by Gasteiger charge is -2.18. The molecule has 0 amide bonds. The van der Waals surface area contributed by atoms with E-state index in [1.165, 1.54) is 22.1 Å². The number of halogens is 1. The van der Waals surface area contributed by atoms with Crippen LogP contribution in [0.5, 0.6) is 0 Å². The minimum Gasteiger partial charge on any atom is -0.144 e. The molecule has 3 unspecified atom stereocenters. The normalized spacial score (nSPS) is 30.0. The molecule has 2 heteroatoms. The van der Waals surface area contributed by atoms with Gasteiger partial charge in [-0.25, -0.2) is 0 Å². The number of fused-ring (bicyclic) bond motifs is 1. The van der Waals surface area contributed by atoms with Crippen molar-refractivity contribution in [3.8, 4) is 0 Å². The van der Waals surface area contributed by atoms with Crippen molar-refractivity contribution in [2.24, 2.45) is 5.92 Å². The van der Waals surface area contributed by atoms with Crippen LogP contribution >= 0.6 is 22.9 Å². The zero-order valence-corrected chi connectivity index (χ0v) is 10.9. The van der Waals surface area contributed by atoms with Crippen LogP contribution in [0, 0.1) is 5.92 Å². The van der Waals surface area contributed by atoms with Gasteiger partial charge in [0.2, 0.25) is 0 Å². The maximum atomic E-state index is 6.34. The van der Waals surface area contributed by atoms with Gasteiger partial charge < -0.3 is 0 Å². The first-order valence-electron chi connectivity index (χ1n) is 5.87. The van der Waals surface area contributed by atoms with Gasteiger partial charge in [-0.05, 0) is 47.1 Å². The third kappa shape index (κ3) is 1.57. The Morgan fingerprint density at radius 2 is 2.12 bits per heavy atom. The summed E-state index contributed by atoms with van der Waals surface area (Å²) >= 11 is 8.20. The van der Waals surface area contributed by atoms with E-state index in [4.69, 9.17) is 11.6 Å². The molecule has 1 aliphatic carbocycles.